The van der Waals surface area contributed by atoms with Crippen LogP contribution in [0, 0.1) is 10.1 Å². The summed E-state index contributed by atoms with van der Waals surface area (Å²) < 4.78 is 50.1. The lowest BCUT2D eigenvalue weighted by atomic mass is 9.75. The van der Waals surface area contributed by atoms with Gasteiger partial charge in [0.25, 0.3) is 5.97 Å². The van der Waals surface area contributed by atoms with E-state index in [-0.39, 0.29) is 19.7 Å². The molecule has 0 aliphatic carbocycles. The average Bonchev–Trinajstić information content (AvgIpc) is 3.92. The number of benzene rings is 5. The predicted molar refractivity (Wildman–Crippen MR) is 259 cm³/mol. The number of nitro groups is 1. The first-order chi connectivity index (χ1) is 33.5. The van der Waals surface area contributed by atoms with Gasteiger partial charge in [-0.2, -0.15) is 0 Å². The van der Waals surface area contributed by atoms with Crippen molar-refractivity contribution in [2.24, 2.45) is 5.73 Å². The normalized spacial score (nSPS) is 16.8. The number of nitrogens with zero attached hydrogens (tertiary/aromatic N) is 1. The lowest BCUT2D eigenvalue weighted by Crippen LogP contribution is -2.41. The third-order valence-electron chi connectivity index (χ3n) is 11.3. The van der Waals surface area contributed by atoms with E-state index in [0.29, 0.717) is 64.5 Å². The molecule has 1 saturated heterocycles. The maximum Gasteiger partial charge on any atom is 0.499 e. The van der Waals surface area contributed by atoms with Crippen molar-refractivity contribution in [2.45, 2.75) is 71.2 Å². The lowest BCUT2D eigenvalue weighted by Gasteiger charge is -2.32. The fraction of sp³-hybridized carbons (Fsp3) is 0.333. The molecule has 0 amide bonds. The van der Waals surface area contributed by atoms with Gasteiger partial charge in [-0.3, -0.25) is 19.7 Å². The molecule has 6 N–H and O–H groups in total. The minimum Gasteiger partial charge on any atom is -0.481 e. The SMILES string of the molecule is CC(=O)O.CC1(C)OB(c2c(C=O)cccc2OCOCc2ccccc2)OC1(C)C.NCC1OB(O)c2c(OCO)cccc21.O=[N+]([O-])CC1OB(O)c2c(OCOCc3ccccc3)cccc21. The van der Waals surface area contributed by atoms with Crippen molar-refractivity contribution in [3.63, 3.8) is 0 Å². The van der Waals surface area contributed by atoms with Crippen molar-refractivity contribution < 1.29 is 77.1 Å². The molecule has 0 bridgehead atoms. The van der Waals surface area contributed by atoms with Crippen LogP contribution in [0.2, 0.25) is 0 Å². The van der Waals surface area contributed by atoms with Gasteiger partial charge in [0.2, 0.25) is 6.54 Å². The molecule has 22 heteroatoms. The highest BCUT2D eigenvalue weighted by atomic mass is 16.7. The molecule has 19 nitrogen and oxygen atoms in total. The summed E-state index contributed by atoms with van der Waals surface area (Å²) in [6.45, 7) is 9.34. The maximum absolute atomic E-state index is 11.6. The molecular formula is C48H57B3N2O17. The van der Waals surface area contributed by atoms with Gasteiger partial charge in [-0.15, -0.1) is 0 Å². The Bertz CT molecular complexity index is 2450. The standard InChI is InChI=1S/C21H25BO5.C16H16BNO6.C9H12BNO4.C2H4O2/c1-20(2)21(3,4)27-22(26-20)19-17(13-23)11-8-12-18(19)25-15-24-14-16-9-6-5-7-10-16;19-17-16-13(15(24-17)9-18(20)21)7-4-8-14(16)23-11-22-10-12-5-2-1-3-6-12;11-4-8-6-2-1-3-7(14-5-12)9(6)10(13)15-8;1-2(3)4/h5-13H,14-15H2,1-4H3;1-8,15,19H,9-11H2;1-3,8,12-13H,4-5,11H2;1H3,(H,3,4). The molecule has 2 unspecified atom stereocenters. The summed E-state index contributed by atoms with van der Waals surface area (Å²) >= 11 is 0. The number of ether oxygens (including phenoxy) is 5. The topological polar surface area (TPSA) is 267 Å². The highest BCUT2D eigenvalue weighted by Crippen LogP contribution is 2.37. The Morgan fingerprint density at radius 1 is 0.700 bits per heavy atom. The van der Waals surface area contributed by atoms with Crippen LogP contribution in [0.5, 0.6) is 17.2 Å². The third-order valence-corrected chi connectivity index (χ3v) is 11.3. The number of rotatable bonds is 17. The summed E-state index contributed by atoms with van der Waals surface area (Å²) in [4.78, 5) is 30.8. The minimum atomic E-state index is -1.24. The molecule has 0 radical (unpaired) electrons. The number of aliphatic hydroxyl groups is 1. The Hall–Kier alpha value is -6.17. The van der Waals surface area contributed by atoms with Crippen LogP contribution in [0.25, 0.3) is 0 Å². The zero-order valence-electron chi connectivity index (χ0n) is 39.5. The van der Waals surface area contributed by atoms with Crippen molar-refractivity contribution >= 4 is 50.0 Å². The van der Waals surface area contributed by atoms with Gasteiger partial charge in [-0.05, 0) is 68.1 Å². The van der Waals surface area contributed by atoms with Crippen molar-refractivity contribution in [1.82, 2.24) is 0 Å². The van der Waals surface area contributed by atoms with Gasteiger partial charge in [-0.25, -0.2) is 0 Å². The van der Waals surface area contributed by atoms with Crippen LogP contribution in [-0.2, 0) is 46.1 Å². The number of carbonyl (C=O) groups excluding carboxylic acids is 1. The highest BCUT2D eigenvalue weighted by Gasteiger charge is 2.53. The summed E-state index contributed by atoms with van der Waals surface area (Å²) in [6.07, 6.45) is -0.297. The van der Waals surface area contributed by atoms with Crippen LogP contribution in [0.1, 0.15) is 79.4 Å². The molecule has 2 atom stereocenters. The lowest BCUT2D eigenvalue weighted by molar-refractivity contribution is -0.490. The Morgan fingerprint density at radius 3 is 1.57 bits per heavy atom. The number of carboxylic acids is 1. The van der Waals surface area contributed by atoms with E-state index in [2.05, 4.69) is 0 Å². The first-order valence-electron chi connectivity index (χ1n) is 22.1. The molecule has 8 rings (SSSR count). The molecule has 3 aliphatic heterocycles. The van der Waals surface area contributed by atoms with Crippen LogP contribution < -0.4 is 36.3 Å². The first-order valence-corrected chi connectivity index (χ1v) is 22.1. The summed E-state index contributed by atoms with van der Waals surface area (Å²) in [5.41, 5.74) is 10.0. The minimum absolute atomic E-state index is 0.00201. The second-order valence-corrected chi connectivity index (χ2v) is 16.7. The number of carboxylic acid groups (broad SMARTS) is 1. The van der Waals surface area contributed by atoms with Crippen molar-refractivity contribution in [1.29, 1.82) is 0 Å². The fourth-order valence-electron chi connectivity index (χ4n) is 7.27. The number of fused-ring (bicyclic) bond motifs is 2. The number of carbonyl (C=O) groups is 2. The van der Waals surface area contributed by atoms with Crippen LogP contribution in [-0.4, -0.2) is 103 Å². The molecule has 370 valence electrons. The molecule has 0 aromatic heterocycles. The van der Waals surface area contributed by atoms with E-state index >= 15 is 0 Å². The molecule has 0 saturated carbocycles. The van der Waals surface area contributed by atoms with Crippen LogP contribution in [0.4, 0.5) is 0 Å². The largest absolute Gasteiger partial charge is 0.499 e. The predicted octanol–water partition coefficient (Wildman–Crippen LogP) is 3.45. The van der Waals surface area contributed by atoms with E-state index in [0.717, 1.165) is 29.9 Å². The molecule has 70 heavy (non-hydrogen) atoms. The first kappa shape index (κ1) is 54.8. The van der Waals surface area contributed by atoms with Crippen LogP contribution in [0.3, 0.4) is 0 Å². The van der Waals surface area contributed by atoms with Gasteiger partial charge >= 0.3 is 21.4 Å². The number of aldehydes is 1. The van der Waals surface area contributed by atoms with Gasteiger partial charge < -0.3 is 68.3 Å². The van der Waals surface area contributed by atoms with Gasteiger partial charge in [0.05, 0.1) is 30.5 Å². The zero-order valence-corrected chi connectivity index (χ0v) is 39.5. The zero-order chi connectivity index (χ0) is 50.8. The Morgan fingerprint density at radius 2 is 1.13 bits per heavy atom. The van der Waals surface area contributed by atoms with E-state index in [1.165, 1.54) is 0 Å². The molecule has 5 aromatic rings. The van der Waals surface area contributed by atoms with E-state index in [1.807, 2.05) is 94.4 Å². The van der Waals surface area contributed by atoms with Crippen molar-refractivity contribution in [3.8, 4) is 17.2 Å². The van der Waals surface area contributed by atoms with E-state index in [9.17, 15) is 25.0 Å². The molecule has 3 aliphatic rings. The number of nitrogens with two attached hydrogens (primary N) is 1. The quantitative estimate of drug-likeness (QED) is 0.0223. The number of aliphatic carboxylic acids is 1. The Labute approximate surface area is 406 Å². The summed E-state index contributed by atoms with van der Waals surface area (Å²) in [5.74, 6) is 0.517. The highest BCUT2D eigenvalue weighted by molar-refractivity contribution is 6.64. The second-order valence-electron chi connectivity index (χ2n) is 16.7. The molecule has 1 fully saturated rings. The van der Waals surface area contributed by atoms with E-state index < -0.39 is 62.9 Å². The van der Waals surface area contributed by atoms with Crippen molar-refractivity contribution in [3.05, 3.63) is 153 Å². The maximum atomic E-state index is 11.6. The van der Waals surface area contributed by atoms with Gasteiger partial charge in [0, 0.05) is 40.3 Å². The monoisotopic (exact) mass is 966 g/mol. The smallest absolute Gasteiger partial charge is 0.481 e. The van der Waals surface area contributed by atoms with Gasteiger partial charge in [0.1, 0.15) is 29.6 Å². The number of hydrogen-bond acceptors (Lipinski definition) is 17. The Kier molecular flexibility index (Phi) is 20.5. The van der Waals surface area contributed by atoms with Gasteiger partial charge in [0.15, 0.2) is 20.4 Å². The van der Waals surface area contributed by atoms with E-state index in [4.69, 9.17) is 63.0 Å². The van der Waals surface area contributed by atoms with Crippen molar-refractivity contribution in [2.75, 3.05) is 33.5 Å². The fourth-order valence-corrected chi connectivity index (χ4v) is 7.27. The summed E-state index contributed by atoms with van der Waals surface area (Å²) in [5, 5.41) is 46.5. The third kappa shape index (κ3) is 14.9. The van der Waals surface area contributed by atoms with Crippen LogP contribution >= 0.6 is 0 Å². The molecule has 0 spiro atoms. The summed E-state index contributed by atoms with van der Waals surface area (Å²) in [7, 11) is -2.95. The Balaban J connectivity index is 0.000000194. The molecule has 5 aromatic carbocycles. The average molecular weight is 966 g/mol. The molecule has 3 heterocycles. The second kappa shape index (κ2) is 26.2. The van der Waals surface area contributed by atoms with Crippen LogP contribution in [0.15, 0.2) is 115 Å². The van der Waals surface area contributed by atoms with E-state index in [1.54, 1.807) is 48.5 Å². The number of aliphatic hydroxyl groups excluding tert-OH is 1. The van der Waals surface area contributed by atoms with Gasteiger partial charge in [-0.1, -0.05) is 97.1 Å². The molecular weight excluding hydrogens is 909 g/mol. The number of hydrogen-bond donors (Lipinski definition) is 5. The summed E-state index contributed by atoms with van der Waals surface area (Å²) in [6, 6.07) is 35.1.